The summed E-state index contributed by atoms with van der Waals surface area (Å²) in [6.07, 6.45) is 4.93. The molecule has 0 aliphatic heterocycles. The second-order valence-electron chi connectivity index (χ2n) is 7.81. The minimum absolute atomic E-state index is 0.109. The molecule has 162 valence electrons. The van der Waals surface area contributed by atoms with Crippen molar-refractivity contribution in [1.29, 1.82) is 0 Å². The number of hydrogen-bond donors (Lipinski definition) is 0. The van der Waals surface area contributed by atoms with Crippen LogP contribution in [0.3, 0.4) is 0 Å². The number of benzene rings is 2. The van der Waals surface area contributed by atoms with Crippen LogP contribution in [0.5, 0.6) is 5.75 Å². The zero-order valence-electron chi connectivity index (χ0n) is 17.0. The summed E-state index contributed by atoms with van der Waals surface area (Å²) >= 11 is 0. The van der Waals surface area contributed by atoms with Gasteiger partial charge in [0, 0.05) is 0 Å². The Bertz CT molecular complexity index is 914. The highest BCUT2D eigenvalue weighted by Crippen LogP contribution is 2.39. The fraction of sp³-hybridized carbons (Fsp3) is 0.417. The first kappa shape index (κ1) is 22.3. The number of allylic oxidation sites excluding steroid dienone is 2. The second kappa shape index (κ2) is 9.19. The van der Waals surface area contributed by atoms with Crippen LogP contribution in [-0.2, 0) is 6.11 Å². The SMILES string of the molecule is CCC=CC1CCC(c2ccc(OC(F)(F)c3ccc(C)c(F)c3F)c(F)c2)CC1. The Balaban J connectivity index is 1.73. The van der Waals surface area contributed by atoms with Gasteiger partial charge in [0.05, 0.1) is 0 Å². The molecule has 0 aromatic heterocycles. The number of hydrogen-bond acceptors (Lipinski definition) is 1. The van der Waals surface area contributed by atoms with E-state index in [2.05, 4.69) is 23.8 Å². The summed E-state index contributed by atoms with van der Waals surface area (Å²) < 4.78 is 75.4. The third kappa shape index (κ3) is 4.85. The van der Waals surface area contributed by atoms with Crippen molar-refractivity contribution in [3.63, 3.8) is 0 Å². The lowest BCUT2D eigenvalue weighted by molar-refractivity contribution is -0.189. The molecular formula is C24H25F5O. The monoisotopic (exact) mass is 424 g/mol. The molecule has 0 atom stereocenters. The van der Waals surface area contributed by atoms with Crippen molar-refractivity contribution >= 4 is 0 Å². The number of rotatable bonds is 6. The highest BCUT2D eigenvalue weighted by molar-refractivity contribution is 5.34. The van der Waals surface area contributed by atoms with Crippen molar-refractivity contribution in [2.45, 2.75) is 58.0 Å². The Morgan fingerprint density at radius 1 is 1.00 bits per heavy atom. The molecule has 3 rings (SSSR count). The van der Waals surface area contributed by atoms with Gasteiger partial charge in [0.25, 0.3) is 0 Å². The zero-order chi connectivity index (χ0) is 21.9. The van der Waals surface area contributed by atoms with Gasteiger partial charge in [-0.2, -0.15) is 8.78 Å². The van der Waals surface area contributed by atoms with Gasteiger partial charge in [-0.1, -0.05) is 31.2 Å². The van der Waals surface area contributed by atoms with E-state index in [1.807, 2.05) is 0 Å². The maximum atomic E-state index is 14.5. The molecule has 1 nitrogen and oxygen atoms in total. The molecule has 0 unspecified atom stereocenters. The van der Waals surface area contributed by atoms with Crippen LogP contribution in [0.15, 0.2) is 42.5 Å². The molecule has 0 spiro atoms. The summed E-state index contributed by atoms with van der Waals surface area (Å²) in [5.41, 5.74) is -0.649. The van der Waals surface area contributed by atoms with E-state index in [0.29, 0.717) is 5.92 Å². The van der Waals surface area contributed by atoms with Crippen LogP contribution in [0.4, 0.5) is 22.0 Å². The third-order valence-electron chi connectivity index (χ3n) is 5.67. The minimum Gasteiger partial charge on any atom is -0.426 e. The molecule has 0 radical (unpaired) electrons. The quantitative estimate of drug-likeness (QED) is 0.340. The van der Waals surface area contributed by atoms with Crippen molar-refractivity contribution in [1.82, 2.24) is 0 Å². The largest absolute Gasteiger partial charge is 0.429 e. The van der Waals surface area contributed by atoms with E-state index >= 15 is 0 Å². The number of alkyl halides is 2. The van der Waals surface area contributed by atoms with Crippen molar-refractivity contribution in [2.75, 3.05) is 0 Å². The number of ether oxygens (including phenoxy) is 1. The van der Waals surface area contributed by atoms with Gasteiger partial charge < -0.3 is 4.74 Å². The van der Waals surface area contributed by atoms with Gasteiger partial charge >= 0.3 is 6.11 Å². The third-order valence-corrected chi connectivity index (χ3v) is 5.67. The summed E-state index contributed by atoms with van der Waals surface area (Å²) in [6, 6.07) is 5.66. The molecule has 1 saturated carbocycles. The lowest BCUT2D eigenvalue weighted by atomic mass is 9.78. The van der Waals surface area contributed by atoms with Gasteiger partial charge in [-0.15, -0.1) is 0 Å². The zero-order valence-corrected chi connectivity index (χ0v) is 17.0. The Labute approximate surface area is 173 Å². The summed E-state index contributed by atoms with van der Waals surface area (Å²) in [6.45, 7) is 3.34. The molecule has 0 heterocycles. The molecular weight excluding hydrogens is 399 g/mol. The predicted octanol–water partition coefficient (Wildman–Crippen LogP) is 7.78. The lowest BCUT2D eigenvalue weighted by Crippen LogP contribution is -2.24. The molecule has 0 saturated heterocycles. The van der Waals surface area contributed by atoms with Gasteiger partial charge in [-0.25, -0.2) is 13.2 Å². The van der Waals surface area contributed by atoms with Crippen LogP contribution in [0.1, 0.15) is 61.6 Å². The van der Waals surface area contributed by atoms with Gasteiger partial charge in [0.1, 0.15) is 5.56 Å². The highest BCUT2D eigenvalue weighted by Gasteiger charge is 2.40. The van der Waals surface area contributed by atoms with E-state index in [-0.39, 0.29) is 11.5 Å². The Kier molecular flexibility index (Phi) is 6.84. The summed E-state index contributed by atoms with van der Waals surface area (Å²) in [7, 11) is 0. The average Bonchev–Trinajstić information content (AvgIpc) is 2.72. The van der Waals surface area contributed by atoms with E-state index in [0.717, 1.165) is 55.9 Å². The average molecular weight is 424 g/mol. The predicted molar refractivity (Wildman–Crippen MR) is 106 cm³/mol. The van der Waals surface area contributed by atoms with Crippen LogP contribution in [0.25, 0.3) is 0 Å². The molecule has 0 N–H and O–H groups in total. The van der Waals surface area contributed by atoms with E-state index in [4.69, 9.17) is 0 Å². The molecule has 1 aliphatic rings. The van der Waals surface area contributed by atoms with Gasteiger partial charge in [0.15, 0.2) is 23.2 Å². The van der Waals surface area contributed by atoms with Crippen molar-refractivity contribution < 1.29 is 26.7 Å². The van der Waals surface area contributed by atoms with E-state index in [9.17, 15) is 22.0 Å². The smallest absolute Gasteiger partial charge is 0.426 e. The van der Waals surface area contributed by atoms with E-state index < -0.39 is 34.9 Å². The van der Waals surface area contributed by atoms with Crippen LogP contribution in [0, 0.1) is 30.3 Å². The van der Waals surface area contributed by atoms with Crippen LogP contribution in [-0.4, -0.2) is 0 Å². The van der Waals surface area contributed by atoms with Crippen molar-refractivity contribution in [3.05, 3.63) is 76.6 Å². The summed E-state index contributed by atoms with van der Waals surface area (Å²) in [4.78, 5) is 0. The van der Waals surface area contributed by atoms with Gasteiger partial charge in [-0.05, 0) is 80.2 Å². The summed E-state index contributed by atoms with van der Waals surface area (Å²) in [5.74, 6) is -4.06. The molecule has 1 fully saturated rings. The Morgan fingerprint density at radius 3 is 2.33 bits per heavy atom. The molecule has 0 amide bonds. The first-order chi connectivity index (χ1) is 14.2. The normalized spacial score (nSPS) is 20.0. The Hall–Kier alpha value is -2.37. The van der Waals surface area contributed by atoms with E-state index in [1.165, 1.54) is 13.0 Å². The fourth-order valence-electron chi connectivity index (χ4n) is 3.89. The van der Waals surface area contributed by atoms with Crippen LogP contribution >= 0.6 is 0 Å². The summed E-state index contributed by atoms with van der Waals surface area (Å²) in [5, 5.41) is 0. The van der Waals surface area contributed by atoms with Crippen LogP contribution < -0.4 is 4.74 Å². The highest BCUT2D eigenvalue weighted by atomic mass is 19.3. The topological polar surface area (TPSA) is 9.23 Å². The molecule has 2 aromatic carbocycles. The second-order valence-corrected chi connectivity index (χ2v) is 7.81. The first-order valence-corrected chi connectivity index (χ1v) is 10.2. The number of aryl methyl sites for hydroxylation is 1. The van der Waals surface area contributed by atoms with Gasteiger partial charge in [0.2, 0.25) is 0 Å². The fourth-order valence-corrected chi connectivity index (χ4v) is 3.89. The molecule has 30 heavy (non-hydrogen) atoms. The molecule has 2 aromatic rings. The van der Waals surface area contributed by atoms with E-state index in [1.54, 1.807) is 6.07 Å². The standard InChI is InChI=1S/C24H25F5O/c1-3-4-5-16-7-9-17(10-8-16)18-11-13-21(20(25)14-18)30-24(28,29)19-12-6-15(2)22(26)23(19)27/h4-6,11-14,16-17H,3,7-10H2,1-2H3. The van der Waals surface area contributed by atoms with Gasteiger partial charge in [-0.3, -0.25) is 0 Å². The molecule has 0 bridgehead atoms. The van der Waals surface area contributed by atoms with Crippen LogP contribution in [0.2, 0.25) is 0 Å². The maximum absolute atomic E-state index is 14.5. The maximum Gasteiger partial charge on any atom is 0.429 e. The number of halogens is 5. The Morgan fingerprint density at radius 2 is 1.70 bits per heavy atom. The van der Waals surface area contributed by atoms with Crippen molar-refractivity contribution in [2.24, 2.45) is 5.92 Å². The molecule has 6 heteroatoms. The minimum atomic E-state index is -4.22. The first-order valence-electron chi connectivity index (χ1n) is 10.2. The lowest BCUT2D eigenvalue weighted by Gasteiger charge is -2.27. The van der Waals surface area contributed by atoms with Crippen molar-refractivity contribution in [3.8, 4) is 5.75 Å². The molecule has 1 aliphatic carbocycles.